The first kappa shape index (κ1) is 25.4. The van der Waals surface area contributed by atoms with Crippen LogP contribution in [0.4, 0.5) is 10.6 Å². The summed E-state index contributed by atoms with van der Waals surface area (Å²) < 4.78 is 20.4. The lowest BCUT2D eigenvalue weighted by Crippen LogP contribution is -2.36. The minimum atomic E-state index is -0.912. The van der Waals surface area contributed by atoms with Gasteiger partial charge in [0.2, 0.25) is 0 Å². The van der Waals surface area contributed by atoms with Gasteiger partial charge in [-0.3, -0.25) is 14.7 Å². The maximum Gasteiger partial charge on any atom is 0.320 e. The molecule has 2 saturated heterocycles. The predicted molar refractivity (Wildman–Crippen MR) is 140 cm³/mol. The lowest BCUT2D eigenvalue weighted by atomic mass is 10.1. The molecule has 12 heteroatoms. The van der Waals surface area contributed by atoms with Gasteiger partial charge in [-0.1, -0.05) is 49.2 Å². The highest BCUT2D eigenvalue weighted by Gasteiger charge is 2.53. The maximum atomic E-state index is 12.6. The van der Waals surface area contributed by atoms with Crippen LogP contribution in [0.3, 0.4) is 0 Å². The van der Waals surface area contributed by atoms with Gasteiger partial charge < -0.3 is 24.6 Å². The van der Waals surface area contributed by atoms with Crippen molar-refractivity contribution in [1.82, 2.24) is 24.8 Å². The van der Waals surface area contributed by atoms with Crippen molar-refractivity contribution in [2.24, 2.45) is 0 Å². The number of ether oxygens (including phenoxy) is 3. The molecule has 1 aromatic carbocycles. The summed E-state index contributed by atoms with van der Waals surface area (Å²) in [6, 6.07) is 9.63. The second-order valence-corrected chi connectivity index (χ2v) is 9.96. The molecule has 6 rings (SSSR count). The molecule has 2 aliphatic heterocycles. The first-order valence-electron chi connectivity index (χ1n) is 13.2. The van der Waals surface area contributed by atoms with Crippen molar-refractivity contribution in [3.63, 3.8) is 0 Å². The number of carbonyl (C=O) groups is 2. The normalized spacial score (nSPS) is 26.8. The van der Waals surface area contributed by atoms with Crippen molar-refractivity contribution in [2.75, 3.05) is 5.32 Å². The van der Waals surface area contributed by atoms with Gasteiger partial charge in [0.25, 0.3) is 0 Å². The lowest BCUT2D eigenvalue weighted by Gasteiger charge is -2.20. The van der Waals surface area contributed by atoms with Gasteiger partial charge in [0, 0.05) is 12.5 Å². The number of nitrogens with one attached hydrogen (secondary N) is 2. The second kappa shape index (κ2) is 11.1. The van der Waals surface area contributed by atoms with E-state index in [0.29, 0.717) is 17.0 Å². The zero-order valence-corrected chi connectivity index (χ0v) is 21.2. The minimum absolute atomic E-state index is 0.0640. The monoisotopic (exact) mass is 534 g/mol. The molecule has 1 aliphatic carbocycles. The Hall–Kier alpha value is -3.87. The van der Waals surface area contributed by atoms with Crippen molar-refractivity contribution >= 4 is 35.1 Å². The van der Waals surface area contributed by atoms with Crippen molar-refractivity contribution < 1.29 is 28.9 Å². The Morgan fingerprint density at radius 1 is 1.05 bits per heavy atom. The molecule has 0 spiro atoms. The molecular weight excluding hydrogens is 504 g/mol. The molecule has 4 heterocycles. The summed E-state index contributed by atoms with van der Waals surface area (Å²) in [5.41, 5.74) is 1.87. The molecule has 1 saturated carbocycles. The molecule has 3 aliphatic rings. The van der Waals surface area contributed by atoms with Gasteiger partial charge in [-0.15, -0.1) is 0 Å². The number of aliphatic carboxylic acids is 1. The molecule has 2 amide bonds. The molecule has 204 valence electrons. The Kier molecular flexibility index (Phi) is 7.22. The summed E-state index contributed by atoms with van der Waals surface area (Å²) in [6.07, 6.45) is 8.24. The van der Waals surface area contributed by atoms with Crippen LogP contribution in [0.25, 0.3) is 17.2 Å². The fraction of sp³-hybridized carbons (Fsp3) is 0.444. The standard InChI is InChI=1S/C27H30N6O6/c34-19(35)12-11-18-22-23(39-20(38-22)13-10-16-6-2-1-3-7-16)26(37-18)33-15-30-21-24(28-14-29-25(21)33)32-27(36)31-17-8-4-5-9-17/h1-3,6-7,10,13-15,17-18,20,22-23,26H,4-5,8-9,11-12H2,(H,34,35)(H2,28,29,31,32,36)/b13-10+/t18-,20+,22?,23-,26?/m0/s1. The van der Waals surface area contributed by atoms with Crippen LogP contribution >= 0.6 is 0 Å². The van der Waals surface area contributed by atoms with Crippen LogP contribution in [0.2, 0.25) is 0 Å². The highest BCUT2D eigenvalue weighted by atomic mass is 16.8. The van der Waals surface area contributed by atoms with E-state index in [0.717, 1.165) is 31.2 Å². The first-order valence-corrected chi connectivity index (χ1v) is 13.2. The first-order chi connectivity index (χ1) is 19.0. The molecule has 0 bridgehead atoms. The highest BCUT2D eigenvalue weighted by molar-refractivity contribution is 5.96. The summed E-state index contributed by atoms with van der Waals surface area (Å²) in [5.74, 6) is -0.621. The third-order valence-electron chi connectivity index (χ3n) is 7.31. The number of benzene rings is 1. The van der Waals surface area contributed by atoms with Gasteiger partial charge in [0.1, 0.15) is 18.5 Å². The zero-order valence-electron chi connectivity index (χ0n) is 21.2. The zero-order chi connectivity index (χ0) is 26.8. The van der Waals surface area contributed by atoms with Crippen LogP contribution < -0.4 is 10.6 Å². The van der Waals surface area contributed by atoms with Crippen molar-refractivity contribution in [2.45, 2.75) is 75.4 Å². The Labute approximate surface area is 224 Å². The van der Waals surface area contributed by atoms with Crippen molar-refractivity contribution in [3.8, 4) is 0 Å². The number of anilines is 1. The summed E-state index contributed by atoms with van der Waals surface area (Å²) in [5, 5.41) is 15.0. The number of hydrogen-bond acceptors (Lipinski definition) is 8. The van der Waals surface area contributed by atoms with E-state index in [9.17, 15) is 14.7 Å². The third kappa shape index (κ3) is 5.49. The van der Waals surface area contributed by atoms with E-state index in [1.54, 1.807) is 10.9 Å². The van der Waals surface area contributed by atoms with E-state index < -0.39 is 36.8 Å². The summed E-state index contributed by atoms with van der Waals surface area (Å²) >= 11 is 0. The topological polar surface area (TPSA) is 150 Å². The average molecular weight is 535 g/mol. The molecular formula is C27H30N6O6. The van der Waals surface area contributed by atoms with Crippen LogP contribution in [0.1, 0.15) is 50.3 Å². The molecule has 0 radical (unpaired) electrons. The Morgan fingerprint density at radius 2 is 1.85 bits per heavy atom. The molecule has 3 fully saturated rings. The number of carboxylic acid groups (broad SMARTS) is 1. The number of rotatable bonds is 8. The Morgan fingerprint density at radius 3 is 2.64 bits per heavy atom. The number of nitrogens with zero attached hydrogens (tertiary/aromatic N) is 4. The van der Waals surface area contributed by atoms with Gasteiger partial charge in [0.05, 0.1) is 12.4 Å². The number of amides is 2. The van der Waals surface area contributed by atoms with Crippen LogP contribution in [-0.2, 0) is 19.0 Å². The second-order valence-electron chi connectivity index (χ2n) is 9.96. The molecule has 3 aromatic rings. The third-order valence-corrected chi connectivity index (χ3v) is 7.31. The Balaban J connectivity index is 1.23. The van der Waals surface area contributed by atoms with Gasteiger partial charge in [-0.2, -0.15) is 0 Å². The van der Waals surface area contributed by atoms with E-state index in [1.165, 1.54) is 6.33 Å². The van der Waals surface area contributed by atoms with Gasteiger partial charge in [-0.05, 0) is 30.9 Å². The van der Waals surface area contributed by atoms with E-state index >= 15 is 0 Å². The summed E-state index contributed by atoms with van der Waals surface area (Å²) in [7, 11) is 0. The SMILES string of the molecule is O=C(O)CC[C@@H]1OC(n2cnc3c(NC(=O)NC4CCCC4)ncnc32)[C@H]2O[C@H](/C=C/c3ccccc3)OC21. The van der Waals surface area contributed by atoms with Gasteiger partial charge in [-0.25, -0.2) is 19.7 Å². The molecule has 3 N–H and O–H groups in total. The largest absolute Gasteiger partial charge is 0.481 e. The number of fused-ring (bicyclic) bond motifs is 2. The van der Waals surface area contributed by atoms with Crippen molar-refractivity contribution in [1.29, 1.82) is 0 Å². The average Bonchev–Trinajstić information content (AvgIpc) is 3.72. The Bertz CT molecular complexity index is 1360. The number of aromatic nitrogens is 4. The summed E-state index contributed by atoms with van der Waals surface area (Å²) in [6.45, 7) is 0. The highest BCUT2D eigenvalue weighted by Crippen LogP contribution is 2.42. The van der Waals surface area contributed by atoms with Gasteiger partial charge >= 0.3 is 12.0 Å². The smallest absolute Gasteiger partial charge is 0.320 e. The van der Waals surface area contributed by atoms with E-state index in [2.05, 4.69) is 25.6 Å². The van der Waals surface area contributed by atoms with E-state index in [1.807, 2.05) is 42.5 Å². The predicted octanol–water partition coefficient (Wildman–Crippen LogP) is 3.48. The number of imidazole rings is 1. The molecule has 2 aromatic heterocycles. The van der Waals surface area contributed by atoms with Crippen LogP contribution in [0.15, 0.2) is 49.1 Å². The van der Waals surface area contributed by atoms with Crippen molar-refractivity contribution in [3.05, 3.63) is 54.6 Å². The quantitative estimate of drug-likeness (QED) is 0.395. The molecule has 5 atom stereocenters. The van der Waals surface area contributed by atoms with Crippen LogP contribution in [0, 0.1) is 0 Å². The number of urea groups is 1. The fourth-order valence-electron chi connectivity index (χ4n) is 5.45. The summed E-state index contributed by atoms with van der Waals surface area (Å²) in [4.78, 5) is 36.9. The maximum absolute atomic E-state index is 12.6. The lowest BCUT2D eigenvalue weighted by molar-refractivity contribution is -0.141. The van der Waals surface area contributed by atoms with Gasteiger partial charge in [0.15, 0.2) is 29.5 Å². The number of hydrogen-bond donors (Lipinski definition) is 3. The fourth-order valence-corrected chi connectivity index (χ4v) is 5.45. The minimum Gasteiger partial charge on any atom is -0.481 e. The van der Waals surface area contributed by atoms with Crippen LogP contribution in [-0.4, -0.2) is 67.3 Å². The molecule has 39 heavy (non-hydrogen) atoms. The van der Waals surface area contributed by atoms with E-state index in [4.69, 9.17) is 14.2 Å². The molecule has 2 unspecified atom stereocenters. The van der Waals surface area contributed by atoms with Crippen LogP contribution in [0.5, 0.6) is 0 Å². The molecule has 12 nitrogen and oxygen atoms in total. The number of carbonyl (C=O) groups excluding carboxylic acids is 1. The number of carboxylic acids is 1. The van der Waals surface area contributed by atoms with E-state index in [-0.39, 0.29) is 24.9 Å².